The first-order valence-corrected chi connectivity index (χ1v) is 5.46. The molecule has 0 N–H and O–H groups in total. The Hall–Kier alpha value is -1.95. The SMILES string of the molecule is COc1ccc(/C(C#N)=C/C(C)C)c(OC)c1. The van der Waals surface area contributed by atoms with Crippen LogP contribution in [0.25, 0.3) is 5.57 Å². The second-order valence-electron chi connectivity index (χ2n) is 4.00. The molecule has 1 rings (SSSR count). The Morgan fingerprint density at radius 2 is 2.00 bits per heavy atom. The molecule has 0 aliphatic rings. The van der Waals surface area contributed by atoms with E-state index in [0.29, 0.717) is 23.0 Å². The number of hydrogen-bond acceptors (Lipinski definition) is 3. The first-order valence-electron chi connectivity index (χ1n) is 5.46. The molecule has 90 valence electrons. The Morgan fingerprint density at radius 3 is 2.47 bits per heavy atom. The smallest absolute Gasteiger partial charge is 0.131 e. The molecule has 0 amide bonds. The third-order valence-corrected chi connectivity index (χ3v) is 2.32. The van der Waals surface area contributed by atoms with Gasteiger partial charge in [-0.1, -0.05) is 19.9 Å². The second kappa shape index (κ2) is 5.95. The van der Waals surface area contributed by atoms with Crippen LogP contribution >= 0.6 is 0 Å². The Kier molecular flexibility index (Phi) is 4.59. The molecule has 0 spiro atoms. The van der Waals surface area contributed by atoms with Crippen molar-refractivity contribution in [3.05, 3.63) is 29.8 Å². The molecule has 0 atom stereocenters. The molecule has 3 nitrogen and oxygen atoms in total. The van der Waals surface area contributed by atoms with Crippen molar-refractivity contribution in [2.45, 2.75) is 13.8 Å². The van der Waals surface area contributed by atoms with Gasteiger partial charge in [0.2, 0.25) is 0 Å². The quantitative estimate of drug-likeness (QED) is 0.747. The Balaban J connectivity index is 3.26. The van der Waals surface area contributed by atoms with Gasteiger partial charge in [0.15, 0.2) is 0 Å². The first-order chi connectivity index (χ1) is 8.12. The fourth-order valence-electron chi connectivity index (χ4n) is 1.54. The highest BCUT2D eigenvalue weighted by molar-refractivity contribution is 5.80. The average Bonchev–Trinajstić information content (AvgIpc) is 2.35. The van der Waals surface area contributed by atoms with E-state index in [1.54, 1.807) is 20.3 Å². The number of rotatable bonds is 4. The van der Waals surface area contributed by atoms with E-state index in [4.69, 9.17) is 14.7 Å². The number of methoxy groups -OCH3 is 2. The molecule has 0 aliphatic carbocycles. The highest BCUT2D eigenvalue weighted by Crippen LogP contribution is 2.30. The second-order valence-corrected chi connectivity index (χ2v) is 4.00. The van der Waals surface area contributed by atoms with Crippen LogP contribution in [0.1, 0.15) is 19.4 Å². The van der Waals surface area contributed by atoms with Crippen LogP contribution < -0.4 is 9.47 Å². The van der Waals surface area contributed by atoms with Crippen molar-refractivity contribution >= 4 is 5.57 Å². The fraction of sp³-hybridized carbons (Fsp3) is 0.357. The summed E-state index contributed by atoms with van der Waals surface area (Å²) in [5.74, 6) is 1.68. The molecule has 0 saturated heterocycles. The maximum Gasteiger partial charge on any atom is 0.131 e. The zero-order valence-electron chi connectivity index (χ0n) is 10.7. The van der Waals surface area contributed by atoms with Gasteiger partial charge in [-0.05, 0) is 18.1 Å². The molecule has 1 aromatic rings. The first kappa shape index (κ1) is 13.1. The summed E-state index contributed by atoms with van der Waals surface area (Å²) in [7, 11) is 3.19. The third-order valence-electron chi connectivity index (χ3n) is 2.32. The van der Waals surface area contributed by atoms with Crippen LogP contribution in [-0.2, 0) is 0 Å². The van der Waals surface area contributed by atoms with Gasteiger partial charge in [-0.25, -0.2) is 0 Å². The summed E-state index contributed by atoms with van der Waals surface area (Å²) < 4.78 is 10.4. The molecule has 0 aliphatic heterocycles. The highest BCUT2D eigenvalue weighted by atomic mass is 16.5. The minimum atomic E-state index is 0.316. The zero-order chi connectivity index (χ0) is 12.8. The van der Waals surface area contributed by atoms with E-state index >= 15 is 0 Å². The summed E-state index contributed by atoms with van der Waals surface area (Å²) in [6.45, 7) is 4.07. The summed E-state index contributed by atoms with van der Waals surface area (Å²) in [5, 5.41) is 9.17. The molecule has 17 heavy (non-hydrogen) atoms. The average molecular weight is 231 g/mol. The van der Waals surface area contributed by atoms with Crippen molar-refractivity contribution in [1.29, 1.82) is 5.26 Å². The van der Waals surface area contributed by atoms with E-state index in [0.717, 1.165) is 5.56 Å². The summed E-state index contributed by atoms with van der Waals surface area (Å²) in [6.07, 6.45) is 1.92. The van der Waals surface area contributed by atoms with E-state index in [1.807, 2.05) is 32.1 Å². The number of allylic oxidation sites excluding steroid dienone is 2. The Morgan fingerprint density at radius 1 is 1.29 bits per heavy atom. The van der Waals surface area contributed by atoms with Gasteiger partial charge in [-0.3, -0.25) is 0 Å². The monoisotopic (exact) mass is 231 g/mol. The number of benzene rings is 1. The van der Waals surface area contributed by atoms with Crippen LogP contribution in [0.3, 0.4) is 0 Å². The molecular weight excluding hydrogens is 214 g/mol. The van der Waals surface area contributed by atoms with E-state index < -0.39 is 0 Å². The van der Waals surface area contributed by atoms with Gasteiger partial charge >= 0.3 is 0 Å². The summed E-state index contributed by atoms with van der Waals surface area (Å²) in [6, 6.07) is 7.65. The van der Waals surface area contributed by atoms with Crippen molar-refractivity contribution in [2.24, 2.45) is 5.92 Å². The predicted octanol–water partition coefficient (Wildman–Crippen LogP) is 3.27. The van der Waals surface area contributed by atoms with Crippen LogP contribution in [0.5, 0.6) is 11.5 Å². The van der Waals surface area contributed by atoms with Crippen molar-refractivity contribution in [3.8, 4) is 17.6 Å². The molecule has 3 heteroatoms. The molecule has 1 aromatic carbocycles. The normalized spacial score (nSPS) is 11.2. The van der Waals surface area contributed by atoms with Gasteiger partial charge in [0.05, 0.1) is 25.9 Å². The maximum absolute atomic E-state index is 9.17. The van der Waals surface area contributed by atoms with Crippen molar-refractivity contribution in [1.82, 2.24) is 0 Å². The Labute approximate surface area is 102 Å². The van der Waals surface area contributed by atoms with E-state index in [-0.39, 0.29) is 0 Å². The molecule has 0 bridgehead atoms. The van der Waals surface area contributed by atoms with Crippen molar-refractivity contribution in [3.63, 3.8) is 0 Å². The maximum atomic E-state index is 9.17. The van der Waals surface area contributed by atoms with Crippen LogP contribution in [0.15, 0.2) is 24.3 Å². The van der Waals surface area contributed by atoms with Crippen LogP contribution in [-0.4, -0.2) is 14.2 Å². The van der Waals surface area contributed by atoms with Gasteiger partial charge in [0.25, 0.3) is 0 Å². The molecule has 0 aromatic heterocycles. The largest absolute Gasteiger partial charge is 0.497 e. The van der Waals surface area contributed by atoms with Gasteiger partial charge in [0.1, 0.15) is 11.5 Å². The predicted molar refractivity (Wildman–Crippen MR) is 68.0 cm³/mol. The van der Waals surface area contributed by atoms with Gasteiger partial charge in [-0.2, -0.15) is 5.26 Å². The minimum absolute atomic E-state index is 0.316. The lowest BCUT2D eigenvalue weighted by Crippen LogP contribution is -1.94. The van der Waals surface area contributed by atoms with Crippen molar-refractivity contribution in [2.75, 3.05) is 14.2 Å². The molecule has 0 fully saturated rings. The topological polar surface area (TPSA) is 42.2 Å². The highest BCUT2D eigenvalue weighted by Gasteiger charge is 2.10. The number of nitriles is 1. The van der Waals surface area contributed by atoms with Crippen LogP contribution in [0.2, 0.25) is 0 Å². The van der Waals surface area contributed by atoms with Crippen LogP contribution in [0.4, 0.5) is 0 Å². The van der Waals surface area contributed by atoms with Gasteiger partial charge in [-0.15, -0.1) is 0 Å². The fourth-order valence-corrected chi connectivity index (χ4v) is 1.54. The van der Waals surface area contributed by atoms with E-state index in [1.165, 1.54) is 0 Å². The molecular formula is C14H17NO2. The summed E-state index contributed by atoms with van der Waals surface area (Å²) >= 11 is 0. The van der Waals surface area contributed by atoms with E-state index in [9.17, 15) is 0 Å². The zero-order valence-corrected chi connectivity index (χ0v) is 10.7. The minimum Gasteiger partial charge on any atom is -0.497 e. The van der Waals surface area contributed by atoms with E-state index in [2.05, 4.69) is 6.07 Å². The number of nitrogens with zero attached hydrogens (tertiary/aromatic N) is 1. The standard InChI is InChI=1S/C14H17NO2/c1-10(2)7-11(9-15)13-6-5-12(16-3)8-14(13)17-4/h5-8,10H,1-4H3/b11-7+. The molecule has 0 heterocycles. The lowest BCUT2D eigenvalue weighted by atomic mass is 10.0. The van der Waals surface area contributed by atoms with Gasteiger partial charge in [0, 0.05) is 11.6 Å². The molecule has 0 saturated carbocycles. The lowest BCUT2D eigenvalue weighted by Gasteiger charge is -2.10. The molecule has 0 unspecified atom stereocenters. The van der Waals surface area contributed by atoms with Gasteiger partial charge < -0.3 is 9.47 Å². The number of hydrogen-bond donors (Lipinski definition) is 0. The third kappa shape index (κ3) is 3.25. The van der Waals surface area contributed by atoms with Crippen molar-refractivity contribution < 1.29 is 9.47 Å². The Bertz CT molecular complexity index is 456. The summed E-state index contributed by atoms with van der Waals surface area (Å²) in [5.41, 5.74) is 1.42. The lowest BCUT2D eigenvalue weighted by molar-refractivity contribution is 0.393. The van der Waals surface area contributed by atoms with Crippen LogP contribution in [0, 0.1) is 17.2 Å². The number of ether oxygens (including phenoxy) is 2. The molecule has 0 radical (unpaired) electrons. The summed E-state index contributed by atoms with van der Waals surface area (Å²) in [4.78, 5) is 0.